The first-order chi connectivity index (χ1) is 29.0. The highest BCUT2D eigenvalue weighted by Crippen LogP contribution is 2.31. The number of hydrogen-bond acceptors (Lipinski definition) is 8. The van der Waals surface area contributed by atoms with Crippen molar-refractivity contribution in [2.75, 3.05) is 0 Å². The molecule has 0 fully saturated rings. The van der Waals surface area contributed by atoms with E-state index in [1.807, 2.05) is 50.2 Å². The molecule has 0 radical (unpaired) electrons. The fourth-order valence-electron chi connectivity index (χ4n) is 8.05. The second-order valence-corrected chi connectivity index (χ2v) is 14.1. The highest BCUT2D eigenvalue weighted by Gasteiger charge is 2.21. The Balaban J connectivity index is 0.000000154. The summed E-state index contributed by atoms with van der Waals surface area (Å²) in [5, 5.41) is 25.1. The molecule has 60 heavy (non-hydrogen) atoms. The molecule has 0 amide bonds. The van der Waals surface area contributed by atoms with Gasteiger partial charge in [0, 0.05) is 46.2 Å². The first-order valence-electron chi connectivity index (χ1n) is 18.6. The van der Waals surface area contributed by atoms with Crippen molar-refractivity contribution in [2.24, 2.45) is 0 Å². The molecule has 0 aliphatic heterocycles. The summed E-state index contributed by atoms with van der Waals surface area (Å²) in [5.41, 5.74) is 3.76. The number of aromatic nitrogens is 4. The van der Waals surface area contributed by atoms with Crippen LogP contribution in [0.3, 0.4) is 0 Å². The van der Waals surface area contributed by atoms with Crippen LogP contribution in [0, 0.1) is 34.1 Å². The van der Waals surface area contributed by atoms with E-state index in [0.29, 0.717) is 55.1 Å². The lowest BCUT2D eigenvalue weighted by Crippen LogP contribution is -2.32. The third-order valence-corrected chi connectivity index (χ3v) is 10.9. The largest absolute Gasteiger partial charge is 0.278 e. The molecular weight excluding hydrogens is 765 g/mol. The lowest BCUT2D eigenvalue weighted by molar-refractivity contribution is -0.385. The number of para-hydroxylation sites is 2. The Morgan fingerprint density at radius 2 is 0.633 bits per heavy atom. The minimum absolute atomic E-state index is 0.0449. The number of non-ortho nitro benzene ring substituents is 2. The quantitative estimate of drug-likeness (QED) is 0.0749. The molecule has 0 unspecified atom stereocenters. The van der Waals surface area contributed by atoms with Gasteiger partial charge in [-0.3, -0.25) is 39.4 Å². The molecule has 14 nitrogen and oxygen atoms in total. The van der Waals surface area contributed by atoms with Crippen molar-refractivity contribution < 1.29 is 9.85 Å². The number of fused-ring (bicyclic) bond motifs is 8. The van der Waals surface area contributed by atoms with Crippen LogP contribution in [0.2, 0.25) is 0 Å². The van der Waals surface area contributed by atoms with Gasteiger partial charge in [-0.05, 0) is 85.6 Å². The lowest BCUT2D eigenvalue weighted by Gasteiger charge is -2.18. The summed E-state index contributed by atoms with van der Waals surface area (Å²) >= 11 is 0. The van der Waals surface area contributed by atoms with E-state index in [0.717, 1.165) is 21.9 Å². The van der Waals surface area contributed by atoms with E-state index in [4.69, 9.17) is 0 Å². The van der Waals surface area contributed by atoms with Gasteiger partial charge in [0.15, 0.2) is 0 Å². The SMILES string of the molecule is Cc1c(-c2ccc([N+](=O)[O-])cc2)n2c(=O)c3ccccc3c(=O)n2c2ccccc12.Cc1c(-c2ccc([N+](=O)[O-])cc2)n2c(=O)c3ccccc3c(=O)n2c2ccccc12. The number of rotatable bonds is 4. The van der Waals surface area contributed by atoms with E-state index in [1.54, 1.807) is 84.9 Å². The van der Waals surface area contributed by atoms with Crippen LogP contribution in [0.1, 0.15) is 11.1 Å². The lowest BCUT2D eigenvalue weighted by atomic mass is 10.0. The van der Waals surface area contributed by atoms with Crippen molar-refractivity contribution >= 4 is 54.7 Å². The predicted molar refractivity (Wildman–Crippen MR) is 230 cm³/mol. The molecule has 0 saturated carbocycles. The first-order valence-corrected chi connectivity index (χ1v) is 18.6. The Hall–Kier alpha value is -8.52. The molecule has 0 saturated heterocycles. The van der Waals surface area contributed by atoms with E-state index < -0.39 is 9.85 Å². The molecule has 6 aromatic carbocycles. The van der Waals surface area contributed by atoms with Crippen molar-refractivity contribution in [3.05, 3.63) is 218 Å². The Morgan fingerprint density at radius 3 is 0.933 bits per heavy atom. The maximum Gasteiger partial charge on any atom is 0.278 e. The second kappa shape index (κ2) is 14.1. The molecule has 0 N–H and O–H groups in total. The number of benzene rings is 6. The molecule has 0 spiro atoms. The molecular formula is C46H30N6O8. The second-order valence-electron chi connectivity index (χ2n) is 14.1. The first kappa shape index (κ1) is 37.1. The molecule has 4 heterocycles. The zero-order valence-electron chi connectivity index (χ0n) is 31.8. The van der Waals surface area contributed by atoms with Gasteiger partial charge in [0.1, 0.15) is 0 Å². The number of nitro benzene ring substituents is 2. The van der Waals surface area contributed by atoms with Crippen LogP contribution < -0.4 is 22.2 Å². The van der Waals surface area contributed by atoms with Gasteiger partial charge in [-0.1, -0.05) is 60.7 Å². The Labute approximate surface area is 336 Å². The molecule has 0 aliphatic carbocycles. The monoisotopic (exact) mass is 794 g/mol. The summed E-state index contributed by atoms with van der Waals surface area (Å²) in [6.07, 6.45) is 0. The van der Waals surface area contributed by atoms with Gasteiger partial charge in [0.25, 0.3) is 33.6 Å². The van der Waals surface area contributed by atoms with Crippen molar-refractivity contribution in [3.8, 4) is 22.5 Å². The topological polar surface area (TPSA) is 172 Å². The van der Waals surface area contributed by atoms with Gasteiger partial charge >= 0.3 is 0 Å². The number of nitrogens with zero attached hydrogens (tertiary/aromatic N) is 6. The van der Waals surface area contributed by atoms with Crippen LogP contribution in [0.4, 0.5) is 11.4 Å². The van der Waals surface area contributed by atoms with Gasteiger partial charge in [-0.15, -0.1) is 0 Å². The summed E-state index contributed by atoms with van der Waals surface area (Å²) in [5.74, 6) is 0. The van der Waals surface area contributed by atoms with Gasteiger partial charge in [-0.2, -0.15) is 0 Å². The van der Waals surface area contributed by atoms with Gasteiger partial charge in [0.05, 0.1) is 53.8 Å². The maximum absolute atomic E-state index is 13.5. The fraction of sp³-hybridized carbons (Fsp3) is 0.0435. The van der Waals surface area contributed by atoms with Gasteiger partial charge in [-0.25, -0.2) is 18.1 Å². The standard InChI is InChI=1S/2C23H15N3O4/c2*1-14-17-6-4-5-9-20(17)24-22(27)18-7-2-3-8-19(18)23(28)25(24)21(14)15-10-12-16(13-11-15)26(29)30/h2*2-13H,1H3. The average Bonchev–Trinajstić information content (AvgIpc) is 3.27. The highest BCUT2D eigenvalue weighted by molar-refractivity contribution is 5.91. The number of nitro groups is 2. The van der Waals surface area contributed by atoms with Crippen LogP contribution in [0.5, 0.6) is 0 Å². The van der Waals surface area contributed by atoms with Crippen molar-refractivity contribution in [2.45, 2.75) is 13.8 Å². The van der Waals surface area contributed by atoms with Crippen LogP contribution in [0.25, 0.3) is 65.9 Å². The van der Waals surface area contributed by atoms with Crippen molar-refractivity contribution in [3.63, 3.8) is 0 Å². The molecule has 0 atom stereocenters. The van der Waals surface area contributed by atoms with E-state index in [2.05, 4.69) is 0 Å². The van der Waals surface area contributed by atoms with E-state index in [1.165, 1.54) is 42.3 Å². The molecule has 10 rings (SSSR count). The normalized spacial score (nSPS) is 11.4. The van der Waals surface area contributed by atoms with E-state index in [9.17, 15) is 39.4 Å². The maximum atomic E-state index is 13.5. The number of aryl methyl sites for hydroxylation is 2. The molecule has 4 aromatic heterocycles. The Morgan fingerprint density at radius 1 is 0.367 bits per heavy atom. The van der Waals surface area contributed by atoms with Gasteiger partial charge < -0.3 is 0 Å². The van der Waals surface area contributed by atoms with Gasteiger partial charge in [0.2, 0.25) is 0 Å². The summed E-state index contributed by atoms with van der Waals surface area (Å²) in [6, 6.07) is 40.2. The fourth-order valence-corrected chi connectivity index (χ4v) is 8.05. The molecule has 0 aliphatic rings. The van der Waals surface area contributed by atoms with Crippen LogP contribution >= 0.6 is 0 Å². The molecule has 0 bridgehead atoms. The minimum atomic E-state index is -0.473. The van der Waals surface area contributed by atoms with Crippen LogP contribution in [-0.4, -0.2) is 27.9 Å². The summed E-state index contributed by atoms with van der Waals surface area (Å²) < 4.78 is 5.54. The average molecular weight is 795 g/mol. The highest BCUT2D eigenvalue weighted by atomic mass is 16.6. The van der Waals surface area contributed by atoms with Crippen molar-refractivity contribution in [1.82, 2.24) is 18.1 Å². The molecule has 14 heteroatoms. The minimum Gasteiger partial charge on any atom is -0.267 e. The van der Waals surface area contributed by atoms with Crippen molar-refractivity contribution in [1.29, 1.82) is 0 Å². The third-order valence-electron chi connectivity index (χ3n) is 10.9. The molecule has 10 aromatic rings. The van der Waals surface area contributed by atoms with E-state index >= 15 is 0 Å². The number of hydrogen-bond donors (Lipinski definition) is 0. The summed E-state index contributed by atoms with van der Waals surface area (Å²) in [6.45, 7) is 3.76. The van der Waals surface area contributed by atoms with Crippen LogP contribution in [0.15, 0.2) is 165 Å². The third kappa shape index (κ3) is 5.65. The zero-order chi connectivity index (χ0) is 42.0. The van der Waals surface area contributed by atoms with E-state index in [-0.39, 0.29) is 33.6 Å². The smallest absolute Gasteiger partial charge is 0.267 e. The summed E-state index contributed by atoms with van der Waals surface area (Å²) in [7, 11) is 0. The summed E-state index contributed by atoms with van der Waals surface area (Å²) in [4.78, 5) is 75.0. The Bertz CT molecular complexity index is 3470. The predicted octanol–water partition coefficient (Wildman–Crippen LogP) is 7.90. The zero-order valence-corrected chi connectivity index (χ0v) is 31.8. The van der Waals surface area contributed by atoms with Crippen LogP contribution in [-0.2, 0) is 0 Å². The molecule has 292 valence electrons. The Kier molecular flexibility index (Phi) is 8.74.